The number of fused-ring (bicyclic) bond motifs is 1. The highest BCUT2D eigenvalue weighted by molar-refractivity contribution is 5.57. The van der Waals surface area contributed by atoms with Crippen LogP contribution in [0.5, 0.6) is 5.75 Å². The summed E-state index contributed by atoms with van der Waals surface area (Å²) < 4.78 is 2.00. The van der Waals surface area contributed by atoms with Crippen LogP contribution in [-0.2, 0) is 13.0 Å². The van der Waals surface area contributed by atoms with Crippen LogP contribution in [0.1, 0.15) is 12.2 Å². The minimum atomic E-state index is -0.316. The van der Waals surface area contributed by atoms with Crippen LogP contribution in [0.2, 0.25) is 0 Å². The molecule has 1 aliphatic rings. The SMILES string of the molecule is Oc1cccc(-c2nnc3n2CCC(O)C3)c1. The third-order valence-corrected chi connectivity index (χ3v) is 3.04. The molecule has 0 fully saturated rings. The Kier molecular flexibility index (Phi) is 2.33. The molecule has 1 aliphatic heterocycles. The number of aromatic nitrogens is 3. The molecule has 3 rings (SSSR count). The molecule has 0 bridgehead atoms. The van der Waals surface area contributed by atoms with E-state index in [0.29, 0.717) is 13.0 Å². The normalized spacial score (nSPS) is 19.0. The van der Waals surface area contributed by atoms with Gasteiger partial charge in [0.25, 0.3) is 0 Å². The average molecular weight is 231 g/mol. The Morgan fingerprint density at radius 3 is 3.00 bits per heavy atom. The molecule has 1 aromatic heterocycles. The molecular formula is C12H13N3O2. The molecule has 5 heteroatoms. The smallest absolute Gasteiger partial charge is 0.164 e. The summed E-state index contributed by atoms with van der Waals surface area (Å²) in [5.41, 5.74) is 0.847. The highest BCUT2D eigenvalue weighted by Gasteiger charge is 2.21. The molecule has 0 spiro atoms. The molecular weight excluding hydrogens is 218 g/mol. The lowest BCUT2D eigenvalue weighted by Gasteiger charge is -2.19. The summed E-state index contributed by atoms with van der Waals surface area (Å²) >= 11 is 0. The largest absolute Gasteiger partial charge is 0.508 e. The van der Waals surface area contributed by atoms with Crippen LogP contribution in [0.4, 0.5) is 0 Å². The molecule has 17 heavy (non-hydrogen) atoms. The zero-order chi connectivity index (χ0) is 11.8. The molecule has 1 aromatic carbocycles. The first-order valence-electron chi connectivity index (χ1n) is 5.63. The van der Waals surface area contributed by atoms with Gasteiger partial charge in [-0.1, -0.05) is 12.1 Å². The second kappa shape index (κ2) is 3.85. The fourth-order valence-electron chi connectivity index (χ4n) is 2.17. The van der Waals surface area contributed by atoms with E-state index in [2.05, 4.69) is 10.2 Å². The van der Waals surface area contributed by atoms with E-state index < -0.39 is 0 Å². The first-order chi connectivity index (χ1) is 8.24. The summed E-state index contributed by atoms with van der Waals surface area (Å²) in [6.45, 7) is 0.717. The maximum absolute atomic E-state index is 9.56. The number of benzene rings is 1. The lowest BCUT2D eigenvalue weighted by atomic mass is 10.1. The molecule has 1 unspecified atom stereocenters. The van der Waals surface area contributed by atoms with E-state index in [1.54, 1.807) is 18.2 Å². The molecule has 1 atom stereocenters. The molecule has 0 radical (unpaired) electrons. The van der Waals surface area contributed by atoms with Crippen molar-refractivity contribution in [1.82, 2.24) is 14.8 Å². The van der Waals surface area contributed by atoms with Crippen LogP contribution in [-0.4, -0.2) is 31.1 Å². The van der Waals surface area contributed by atoms with Crippen molar-refractivity contribution in [2.75, 3.05) is 0 Å². The third-order valence-electron chi connectivity index (χ3n) is 3.04. The average Bonchev–Trinajstić information content (AvgIpc) is 2.71. The van der Waals surface area contributed by atoms with Gasteiger partial charge in [-0.2, -0.15) is 0 Å². The number of aromatic hydroxyl groups is 1. The van der Waals surface area contributed by atoms with Gasteiger partial charge in [0.05, 0.1) is 6.10 Å². The molecule has 2 N–H and O–H groups in total. The number of aliphatic hydroxyl groups excluding tert-OH is 1. The second-order valence-electron chi connectivity index (χ2n) is 4.29. The Labute approximate surface area is 98.4 Å². The number of hydrogen-bond donors (Lipinski definition) is 2. The van der Waals surface area contributed by atoms with Crippen molar-refractivity contribution in [3.63, 3.8) is 0 Å². The van der Waals surface area contributed by atoms with Gasteiger partial charge in [-0.3, -0.25) is 0 Å². The van der Waals surface area contributed by atoms with Crippen LogP contribution in [0.3, 0.4) is 0 Å². The Morgan fingerprint density at radius 1 is 1.29 bits per heavy atom. The van der Waals surface area contributed by atoms with Crippen LogP contribution in [0, 0.1) is 0 Å². The molecule has 2 aromatic rings. The molecule has 5 nitrogen and oxygen atoms in total. The van der Waals surface area contributed by atoms with Crippen molar-refractivity contribution >= 4 is 0 Å². The van der Waals surface area contributed by atoms with E-state index in [0.717, 1.165) is 23.6 Å². The molecule has 88 valence electrons. The van der Waals surface area contributed by atoms with Gasteiger partial charge in [-0.15, -0.1) is 10.2 Å². The fraction of sp³-hybridized carbons (Fsp3) is 0.333. The number of hydrogen-bond acceptors (Lipinski definition) is 4. The summed E-state index contributed by atoms with van der Waals surface area (Å²) in [5, 5.41) is 27.2. The lowest BCUT2D eigenvalue weighted by Crippen LogP contribution is -2.23. The topological polar surface area (TPSA) is 71.2 Å². The van der Waals surface area contributed by atoms with Gasteiger partial charge >= 0.3 is 0 Å². The highest BCUT2D eigenvalue weighted by Crippen LogP contribution is 2.25. The summed E-state index contributed by atoms with van der Waals surface area (Å²) in [6.07, 6.45) is 0.951. The van der Waals surface area contributed by atoms with Crippen molar-refractivity contribution < 1.29 is 10.2 Å². The quantitative estimate of drug-likeness (QED) is 0.766. The predicted octanol–water partition coefficient (Wildman–Crippen LogP) is 0.958. The molecule has 0 aliphatic carbocycles. The van der Waals surface area contributed by atoms with Gasteiger partial charge in [0, 0.05) is 18.5 Å². The summed E-state index contributed by atoms with van der Waals surface area (Å²) in [6, 6.07) is 6.97. The van der Waals surface area contributed by atoms with Crippen molar-refractivity contribution in [2.45, 2.75) is 25.5 Å². The minimum Gasteiger partial charge on any atom is -0.508 e. The first-order valence-corrected chi connectivity index (χ1v) is 5.63. The second-order valence-corrected chi connectivity index (χ2v) is 4.29. The van der Waals surface area contributed by atoms with Crippen LogP contribution in [0.25, 0.3) is 11.4 Å². The molecule has 0 amide bonds. The van der Waals surface area contributed by atoms with Gasteiger partial charge in [-0.25, -0.2) is 0 Å². The monoisotopic (exact) mass is 231 g/mol. The number of aliphatic hydroxyl groups is 1. The van der Waals surface area contributed by atoms with Crippen molar-refractivity contribution in [1.29, 1.82) is 0 Å². The van der Waals surface area contributed by atoms with E-state index in [4.69, 9.17) is 0 Å². The van der Waals surface area contributed by atoms with Crippen LogP contribution in [0.15, 0.2) is 24.3 Å². The Hall–Kier alpha value is -1.88. The van der Waals surface area contributed by atoms with E-state index in [9.17, 15) is 10.2 Å². The Morgan fingerprint density at radius 2 is 2.18 bits per heavy atom. The maximum atomic E-state index is 9.56. The van der Waals surface area contributed by atoms with Gasteiger partial charge in [0.15, 0.2) is 5.82 Å². The predicted molar refractivity (Wildman–Crippen MR) is 61.5 cm³/mol. The van der Waals surface area contributed by atoms with Gasteiger partial charge in [-0.05, 0) is 18.6 Å². The Balaban J connectivity index is 2.05. The van der Waals surface area contributed by atoms with E-state index in [-0.39, 0.29) is 11.9 Å². The highest BCUT2D eigenvalue weighted by atomic mass is 16.3. The summed E-state index contributed by atoms with van der Waals surface area (Å²) in [4.78, 5) is 0. The van der Waals surface area contributed by atoms with Crippen molar-refractivity contribution in [3.05, 3.63) is 30.1 Å². The lowest BCUT2D eigenvalue weighted by molar-refractivity contribution is 0.142. The van der Waals surface area contributed by atoms with E-state index in [1.165, 1.54) is 0 Å². The number of rotatable bonds is 1. The van der Waals surface area contributed by atoms with Crippen molar-refractivity contribution in [3.8, 4) is 17.1 Å². The molecule has 0 saturated heterocycles. The van der Waals surface area contributed by atoms with Gasteiger partial charge in [0.2, 0.25) is 0 Å². The fourth-order valence-corrected chi connectivity index (χ4v) is 2.17. The standard InChI is InChI=1S/C12H13N3O2/c16-9-3-1-2-8(6-9)12-14-13-11-7-10(17)4-5-15(11)12/h1-3,6,10,16-17H,4-5,7H2. The summed E-state index contributed by atoms with van der Waals surface area (Å²) in [7, 11) is 0. The van der Waals surface area contributed by atoms with E-state index in [1.807, 2.05) is 10.6 Å². The maximum Gasteiger partial charge on any atom is 0.164 e. The number of phenols is 1. The van der Waals surface area contributed by atoms with Crippen LogP contribution < -0.4 is 0 Å². The van der Waals surface area contributed by atoms with Gasteiger partial charge in [0.1, 0.15) is 11.6 Å². The van der Waals surface area contributed by atoms with Gasteiger partial charge < -0.3 is 14.8 Å². The van der Waals surface area contributed by atoms with E-state index >= 15 is 0 Å². The summed E-state index contributed by atoms with van der Waals surface area (Å²) in [5.74, 6) is 1.78. The molecule has 2 heterocycles. The first kappa shape index (κ1) is 10.3. The zero-order valence-electron chi connectivity index (χ0n) is 9.24. The Bertz CT molecular complexity index is 550. The number of nitrogens with zero attached hydrogens (tertiary/aromatic N) is 3. The minimum absolute atomic E-state index is 0.218. The molecule has 0 saturated carbocycles. The van der Waals surface area contributed by atoms with Crippen LogP contribution >= 0.6 is 0 Å². The zero-order valence-corrected chi connectivity index (χ0v) is 9.24. The third kappa shape index (κ3) is 1.78. The van der Waals surface area contributed by atoms with Crippen molar-refractivity contribution in [2.24, 2.45) is 0 Å². The number of phenolic OH excluding ortho intramolecular Hbond substituents is 1.